The van der Waals surface area contributed by atoms with E-state index in [1.807, 2.05) is 20.8 Å². The number of halogens is 3. The third-order valence-corrected chi connectivity index (χ3v) is 10.6. The van der Waals surface area contributed by atoms with Gasteiger partial charge in [0, 0.05) is 39.4 Å². The van der Waals surface area contributed by atoms with Crippen LogP contribution in [0.25, 0.3) is 0 Å². The largest absolute Gasteiger partial charge is 0.335 e. The number of hydrogen-bond acceptors (Lipinski definition) is 4. The Hall–Kier alpha value is -3.01. The first-order valence-electron chi connectivity index (χ1n) is 13.6. The molecule has 2 saturated heterocycles. The Bertz CT molecular complexity index is 1340. The number of piperidine rings is 1. The van der Waals surface area contributed by atoms with Crippen molar-refractivity contribution in [2.45, 2.75) is 69.7 Å². The molecule has 5 atom stereocenters. The zero-order valence-electron chi connectivity index (χ0n) is 22.8. The number of imide groups is 1. The van der Waals surface area contributed by atoms with Crippen molar-refractivity contribution < 1.29 is 31.8 Å². The molecular formula is C30H33F3N2O4S. The van der Waals surface area contributed by atoms with Gasteiger partial charge in [0.25, 0.3) is 11.8 Å². The molecule has 0 saturated carbocycles. The van der Waals surface area contributed by atoms with Crippen molar-refractivity contribution in [3.05, 3.63) is 70.5 Å². The fourth-order valence-corrected chi connectivity index (χ4v) is 7.70. The molecule has 0 spiro atoms. The minimum absolute atomic E-state index is 0.0142. The fourth-order valence-electron chi connectivity index (χ4n) is 6.42. The van der Waals surface area contributed by atoms with Crippen LogP contribution in [0.2, 0.25) is 0 Å². The maximum absolute atomic E-state index is 14.6. The van der Waals surface area contributed by atoms with E-state index in [0.29, 0.717) is 30.0 Å². The van der Waals surface area contributed by atoms with Gasteiger partial charge in [-0.1, -0.05) is 12.1 Å². The Morgan fingerprint density at radius 2 is 1.50 bits per heavy atom. The minimum Gasteiger partial charge on any atom is -0.335 e. The molecule has 0 aromatic heterocycles. The molecule has 2 bridgehead atoms. The third kappa shape index (κ3) is 5.34. The van der Waals surface area contributed by atoms with Gasteiger partial charge in [0.05, 0.1) is 11.1 Å². The Balaban J connectivity index is 1.33. The normalized spacial score (nSPS) is 23.9. The molecule has 2 fully saturated rings. The molecule has 2 aromatic rings. The summed E-state index contributed by atoms with van der Waals surface area (Å²) in [5, 5.41) is 0. The van der Waals surface area contributed by atoms with Gasteiger partial charge in [0.15, 0.2) is 11.6 Å². The van der Waals surface area contributed by atoms with Crippen molar-refractivity contribution in [2.75, 3.05) is 12.3 Å². The molecular weight excluding hydrogens is 541 g/mol. The molecule has 0 N–H and O–H groups in total. The van der Waals surface area contributed by atoms with E-state index in [1.54, 1.807) is 29.2 Å². The highest BCUT2D eigenvalue weighted by Crippen LogP contribution is 2.43. The Kier molecular flexibility index (Phi) is 7.67. The number of hydrogen-bond donors (Lipinski definition) is 0. The van der Waals surface area contributed by atoms with E-state index in [4.69, 9.17) is 0 Å². The molecule has 3 amide bonds. The van der Waals surface area contributed by atoms with Crippen LogP contribution in [0.5, 0.6) is 0 Å². The monoisotopic (exact) mass is 574 g/mol. The van der Waals surface area contributed by atoms with Gasteiger partial charge >= 0.3 is 0 Å². The van der Waals surface area contributed by atoms with Gasteiger partial charge in [-0.2, -0.15) is 0 Å². The smallest absolute Gasteiger partial charge is 0.262 e. The van der Waals surface area contributed by atoms with Crippen LogP contribution < -0.4 is 0 Å². The number of carbonyl (C=O) groups excluding carboxylic acids is 3. The predicted octanol–water partition coefficient (Wildman–Crippen LogP) is 4.88. The van der Waals surface area contributed by atoms with E-state index in [-0.39, 0.29) is 54.1 Å². The standard InChI is InChI=1S/C30H33F3N2O4S/c1-30(2,3)40(39)16-19(10-18-13-25(32)26(33)14-24(18)31)17-11-20-8-9-21(12-17)35(20)27(36)15-34-28(37)22-6-4-5-7-23(22)29(34)38/h4-7,13-14,17,19-21H,8-12,15-16H2,1-3H3/t17?,19-,20-,21+,40+/m0/s1. The summed E-state index contributed by atoms with van der Waals surface area (Å²) in [5.41, 5.74) is 0.633. The molecule has 0 aliphatic carbocycles. The van der Waals surface area contributed by atoms with Crippen LogP contribution in [0.15, 0.2) is 36.4 Å². The second-order valence-corrected chi connectivity index (χ2v) is 14.4. The predicted molar refractivity (Wildman–Crippen MR) is 144 cm³/mol. The molecule has 6 nitrogen and oxygen atoms in total. The highest BCUT2D eigenvalue weighted by molar-refractivity contribution is 7.86. The van der Waals surface area contributed by atoms with E-state index in [1.165, 1.54) is 0 Å². The van der Waals surface area contributed by atoms with Gasteiger partial charge in [-0.25, -0.2) is 13.2 Å². The summed E-state index contributed by atoms with van der Waals surface area (Å²) in [5.74, 6) is -4.46. The van der Waals surface area contributed by atoms with Crippen LogP contribution in [0.3, 0.4) is 0 Å². The van der Waals surface area contributed by atoms with Crippen LogP contribution in [-0.2, 0) is 22.0 Å². The summed E-state index contributed by atoms with van der Waals surface area (Å²) in [4.78, 5) is 41.8. The van der Waals surface area contributed by atoms with Crippen molar-refractivity contribution >= 4 is 28.5 Å². The maximum atomic E-state index is 14.6. The van der Waals surface area contributed by atoms with E-state index in [0.717, 1.165) is 23.8 Å². The van der Waals surface area contributed by atoms with Gasteiger partial charge in [0.1, 0.15) is 12.4 Å². The Morgan fingerprint density at radius 3 is 2.05 bits per heavy atom. The molecule has 214 valence electrons. The summed E-state index contributed by atoms with van der Waals surface area (Å²) in [7, 11) is -1.26. The summed E-state index contributed by atoms with van der Waals surface area (Å²) in [6, 6.07) is 7.67. The van der Waals surface area contributed by atoms with Crippen molar-refractivity contribution in [2.24, 2.45) is 11.8 Å². The highest BCUT2D eigenvalue weighted by atomic mass is 32.2. The minimum atomic E-state index is -1.26. The number of amides is 3. The van der Waals surface area contributed by atoms with Crippen LogP contribution in [0.4, 0.5) is 13.2 Å². The lowest BCUT2D eigenvalue weighted by Crippen LogP contribution is -2.52. The molecule has 3 aliphatic heterocycles. The number of rotatable bonds is 7. The number of carbonyl (C=O) groups is 3. The van der Waals surface area contributed by atoms with E-state index in [9.17, 15) is 31.8 Å². The summed E-state index contributed by atoms with van der Waals surface area (Å²) in [6.07, 6.45) is 2.79. The highest BCUT2D eigenvalue weighted by Gasteiger charge is 2.47. The van der Waals surface area contributed by atoms with E-state index >= 15 is 0 Å². The van der Waals surface area contributed by atoms with Crippen LogP contribution in [0, 0.1) is 29.3 Å². The summed E-state index contributed by atoms with van der Waals surface area (Å²) in [6.45, 7) is 5.26. The zero-order valence-corrected chi connectivity index (χ0v) is 23.6. The van der Waals surface area contributed by atoms with Gasteiger partial charge in [-0.15, -0.1) is 0 Å². The molecule has 3 heterocycles. The van der Waals surface area contributed by atoms with Crippen molar-refractivity contribution in [3.63, 3.8) is 0 Å². The van der Waals surface area contributed by atoms with Gasteiger partial charge in [0.2, 0.25) is 5.91 Å². The Morgan fingerprint density at radius 1 is 0.950 bits per heavy atom. The number of benzene rings is 2. The maximum Gasteiger partial charge on any atom is 0.262 e. The summed E-state index contributed by atoms with van der Waals surface area (Å²) >= 11 is 0. The lowest BCUT2D eigenvalue weighted by Gasteiger charge is -2.42. The van der Waals surface area contributed by atoms with Gasteiger partial charge in [-0.05, 0) is 88.5 Å². The fraction of sp³-hybridized carbons (Fsp3) is 0.500. The van der Waals surface area contributed by atoms with E-state index < -0.39 is 44.8 Å². The quantitative estimate of drug-likeness (QED) is 0.349. The molecule has 0 radical (unpaired) electrons. The lowest BCUT2D eigenvalue weighted by molar-refractivity contribution is -0.137. The summed E-state index contributed by atoms with van der Waals surface area (Å²) < 4.78 is 54.8. The molecule has 3 aliphatic rings. The number of nitrogens with zero attached hydrogens (tertiary/aromatic N) is 2. The first-order chi connectivity index (χ1) is 18.8. The lowest BCUT2D eigenvalue weighted by atomic mass is 9.78. The second-order valence-electron chi connectivity index (χ2n) is 12.1. The van der Waals surface area contributed by atoms with Gasteiger partial charge < -0.3 is 4.90 Å². The van der Waals surface area contributed by atoms with Crippen LogP contribution in [0.1, 0.15) is 72.7 Å². The molecule has 10 heteroatoms. The average molecular weight is 575 g/mol. The third-order valence-electron chi connectivity index (χ3n) is 8.52. The first kappa shape index (κ1) is 28.5. The molecule has 5 rings (SSSR count). The van der Waals surface area contributed by atoms with Crippen LogP contribution in [-0.4, -0.2) is 60.9 Å². The van der Waals surface area contributed by atoms with Crippen molar-refractivity contribution in [1.29, 1.82) is 0 Å². The SMILES string of the molecule is CC(C)(C)[S@](=O)C[C@H](Cc1cc(F)c(F)cc1F)C1C[C@H]2CC[C@@H](C1)N2C(=O)CN1C(=O)c2ccccc2C1=O. The molecule has 1 unspecified atom stereocenters. The topological polar surface area (TPSA) is 74.8 Å². The van der Waals surface area contributed by atoms with Crippen LogP contribution >= 0.6 is 0 Å². The van der Waals surface area contributed by atoms with Crippen molar-refractivity contribution in [3.8, 4) is 0 Å². The van der Waals surface area contributed by atoms with Gasteiger partial charge in [-0.3, -0.25) is 23.5 Å². The second kappa shape index (κ2) is 10.8. The Labute approximate surface area is 234 Å². The van der Waals surface area contributed by atoms with Crippen molar-refractivity contribution in [1.82, 2.24) is 9.80 Å². The number of fused-ring (bicyclic) bond motifs is 3. The first-order valence-corrected chi connectivity index (χ1v) is 14.9. The van der Waals surface area contributed by atoms with E-state index in [2.05, 4.69) is 0 Å². The average Bonchev–Trinajstić information content (AvgIpc) is 3.30. The molecule has 40 heavy (non-hydrogen) atoms. The molecule has 2 aromatic carbocycles. The zero-order chi connectivity index (χ0) is 28.9.